The van der Waals surface area contributed by atoms with E-state index in [1.54, 1.807) is 30.6 Å². The average molecular weight is 567 g/mol. The standard InChI is InChI=1S/C31H33F3N4O3/c32-24-16-23(17-25(33)19-24)29-7-11-36-38(29)31(40)21-8-12-37(13-9-21)30-18-22(6-10-35-30)27-20-26(4-5-28(27)34)41-15-3-1-2-14-39/h4-6,10-11,16-21,29,39H,1-3,7-9,12-15H2. The monoisotopic (exact) mass is 566 g/mol. The first kappa shape index (κ1) is 28.6. The quantitative estimate of drug-likeness (QED) is 0.310. The Hall–Kier alpha value is -3.92. The van der Waals surface area contributed by atoms with Gasteiger partial charge in [-0.3, -0.25) is 4.79 Å². The number of pyridine rings is 1. The van der Waals surface area contributed by atoms with Crippen molar-refractivity contribution in [1.29, 1.82) is 0 Å². The number of benzene rings is 2. The van der Waals surface area contributed by atoms with Gasteiger partial charge in [0.15, 0.2) is 0 Å². The molecule has 2 aliphatic rings. The number of unbranched alkanes of at least 4 members (excludes halogenated alkanes) is 2. The van der Waals surface area contributed by atoms with Gasteiger partial charge in [0.05, 0.1) is 12.6 Å². The summed E-state index contributed by atoms with van der Waals surface area (Å²) < 4.78 is 48.2. The summed E-state index contributed by atoms with van der Waals surface area (Å²) in [5, 5.41) is 14.5. The molecule has 0 saturated carbocycles. The van der Waals surface area contributed by atoms with E-state index in [4.69, 9.17) is 9.84 Å². The van der Waals surface area contributed by atoms with Crippen LogP contribution < -0.4 is 9.64 Å². The number of carbonyl (C=O) groups is 1. The van der Waals surface area contributed by atoms with E-state index in [0.717, 1.165) is 25.3 Å². The van der Waals surface area contributed by atoms with Gasteiger partial charge < -0.3 is 14.7 Å². The van der Waals surface area contributed by atoms with Crippen molar-refractivity contribution in [2.45, 2.75) is 44.6 Å². The van der Waals surface area contributed by atoms with Crippen LogP contribution in [0, 0.1) is 23.4 Å². The molecule has 216 valence electrons. The number of hydrazone groups is 1. The van der Waals surface area contributed by atoms with Crippen molar-refractivity contribution in [2.24, 2.45) is 11.0 Å². The molecule has 1 fully saturated rings. The van der Waals surface area contributed by atoms with Crippen LogP contribution in [0.1, 0.15) is 50.1 Å². The number of rotatable bonds is 10. The molecule has 1 saturated heterocycles. The summed E-state index contributed by atoms with van der Waals surface area (Å²) in [7, 11) is 0. The Bertz CT molecular complexity index is 1370. The molecule has 1 N–H and O–H groups in total. The van der Waals surface area contributed by atoms with Gasteiger partial charge in [-0.05, 0) is 85.7 Å². The van der Waals surface area contributed by atoms with Crippen LogP contribution in [0.15, 0.2) is 59.8 Å². The SMILES string of the molecule is O=C(C1CCN(c2cc(-c3cc(OCCCCCO)ccc3F)ccn2)CC1)N1N=CCC1c1cc(F)cc(F)c1. The molecule has 0 bridgehead atoms. The van der Waals surface area contributed by atoms with Crippen molar-refractivity contribution in [1.82, 2.24) is 9.99 Å². The maximum absolute atomic E-state index is 14.8. The number of amides is 1. The fourth-order valence-electron chi connectivity index (χ4n) is 5.37. The first-order valence-corrected chi connectivity index (χ1v) is 14.0. The van der Waals surface area contributed by atoms with Gasteiger partial charge in [0.25, 0.3) is 0 Å². The van der Waals surface area contributed by atoms with Crippen molar-refractivity contribution < 1.29 is 27.8 Å². The predicted octanol–water partition coefficient (Wildman–Crippen LogP) is 5.88. The Labute approximate surface area is 237 Å². The Morgan fingerprint density at radius 1 is 0.976 bits per heavy atom. The lowest BCUT2D eigenvalue weighted by Gasteiger charge is -2.34. The molecule has 0 spiro atoms. The molecule has 3 aromatic rings. The number of aliphatic hydroxyl groups excluding tert-OH is 1. The molecular weight excluding hydrogens is 533 g/mol. The number of piperidine rings is 1. The summed E-state index contributed by atoms with van der Waals surface area (Å²) in [6.45, 7) is 1.79. The third kappa shape index (κ3) is 6.87. The summed E-state index contributed by atoms with van der Waals surface area (Å²) in [4.78, 5) is 19.9. The minimum absolute atomic E-state index is 0.158. The summed E-state index contributed by atoms with van der Waals surface area (Å²) in [6.07, 6.45) is 7.17. The van der Waals surface area contributed by atoms with E-state index >= 15 is 0 Å². The molecule has 1 atom stereocenters. The summed E-state index contributed by atoms with van der Waals surface area (Å²) in [5.41, 5.74) is 1.47. The fraction of sp³-hybridized carbons (Fsp3) is 0.387. The molecule has 1 aromatic heterocycles. The fourth-order valence-corrected chi connectivity index (χ4v) is 5.37. The number of anilines is 1. The molecular formula is C31H33F3N4O3. The van der Waals surface area contributed by atoms with Gasteiger partial charge in [-0.1, -0.05) is 0 Å². The Kier molecular flexibility index (Phi) is 9.18. The van der Waals surface area contributed by atoms with Crippen LogP contribution in [-0.4, -0.2) is 53.5 Å². The maximum atomic E-state index is 14.8. The van der Waals surface area contributed by atoms with Crippen LogP contribution >= 0.6 is 0 Å². The smallest absolute Gasteiger partial charge is 0.246 e. The van der Waals surface area contributed by atoms with Gasteiger partial charge in [-0.2, -0.15) is 5.10 Å². The van der Waals surface area contributed by atoms with Crippen LogP contribution in [0.25, 0.3) is 11.1 Å². The largest absolute Gasteiger partial charge is 0.494 e. The molecule has 0 radical (unpaired) electrons. The maximum Gasteiger partial charge on any atom is 0.246 e. The highest BCUT2D eigenvalue weighted by molar-refractivity contribution is 5.82. The minimum atomic E-state index is -0.685. The number of nitrogens with zero attached hydrogens (tertiary/aromatic N) is 4. The van der Waals surface area contributed by atoms with Gasteiger partial charge in [0.2, 0.25) is 5.91 Å². The molecule has 3 heterocycles. The normalized spacial score (nSPS) is 17.3. The second kappa shape index (κ2) is 13.2. The zero-order chi connectivity index (χ0) is 28.8. The van der Waals surface area contributed by atoms with Crippen LogP contribution in [-0.2, 0) is 4.79 Å². The van der Waals surface area contributed by atoms with Crippen molar-refractivity contribution in [3.05, 3.63) is 77.7 Å². The van der Waals surface area contributed by atoms with Crippen LogP contribution in [0.5, 0.6) is 5.75 Å². The highest BCUT2D eigenvalue weighted by Gasteiger charge is 2.35. The molecule has 0 aliphatic carbocycles. The van der Waals surface area contributed by atoms with E-state index < -0.39 is 17.7 Å². The van der Waals surface area contributed by atoms with Gasteiger partial charge >= 0.3 is 0 Å². The van der Waals surface area contributed by atoms with E-state index in [1.165, 1.54) is 23.2 Å². The second-order valence-corrected chi connectivity index (χ2v) is 10.4. The number of hydrogen-bond acceptors (Lipinski definition) is 6. The van der Waals surface area contributed by atoms with E-state index in [1.807, 2.05) is 6.07 Å². The average Bonchev–Trinajstić information content (AvgIpc) is 3.47. The highest BCUT2D eigenvalue weighted by Crippen LogP contribution is 2.34. The zero-order valence-electron chi connectivity index (χ0n) is 22.7. The molecule has 41 heavy (non-hydrogen) atoms. The summed E-state index contributed by atoms with van der Waals surface area (Å²) >= 11 is 0. The van der Waals surface area contributed by atoms with E-state index in [2.05, 4.69) is 15.0 Å². The Morgan fingerprint density at radius 2 is 1.76 bits per heavy atom. The van der Waals surface area contributed by atoms with Gasteiger partial charge in [-0.25, -0.2) is 23.2 Å². The minimum Gasteiger partial charge on any atom is -0.494 e. The number of hydrogen-bond donors (Lipinski definition) is 1. The van der Waals surface area contributed by atoms with Gasteiger partial charge in [0.1, 0.15) is 29.0 Å². The highest BCUT2D eigenvalue weighted by atomic mass is 19.1. The lowest BCUT2D eigenvalue weighted by molar-refractivity contribution is -0.138. The van der Waals surface area contributed by atoms with Gasteiger partial charge in [-0.15, -0.1) is 0 Å². The molecule has 7 nitrogen and oxygen atoms in total. The van der Waals surface area contributed by atoms with Crippen LogP contribution in [0.4, 0.5) is 19.0 Å². The Balaban J connectivity index is 1.22. The van der Waals surface area contributed by atoms with Crippen molar-refractivity contribution >= 4 is 17.9 Å². The van der Waals surface area contributed by atoms with Crippen molar-refractivity contribution in [2.75, 3.05) is 31.2 Å². The third-order valence-corrected chi connectivity index (χ3v) is 7.56. The molecule has 2 aliphatic heterocycles. The van der Waals surface area contributed by atoms with Crippen LogP contribution in [0.2, 0.25) is 0 Å². The van der Waals surface area contributed by atoms with E-state index in [0.29, 0.717) is 67.2 Å². The zero-order valence-corrected chi connectivity index (χ0v) is 22.7. The molecule has 1 amide bonds. The number of halogens is 3. The number of carbonyl (C=O) groups excluding carboxylic acids is 1. The molecule has 5 rings (SSSR count). The first-order valence-electron chi connectivity index (χ1n) is 14.0. The Morgan fingerprint density at radius 3 is 2.51 bits per heavy atom. The molecule has 2 aromatic carbocycles. The van der Waals surface area contributed by atoms with E-state index in [-0.39, 0.29) is 24.2 Å². The molecule has 1 unspecified atom stereocenters. The van der Waals surface area contributed by atoms with Crippen molar-refractivity contribution in [3.8, 4) is 16.9 Å². The van der Waals surface area contributed by atoms with E-state index in [9.17, 15) is 18.0 Å². The van der Waals surface area contributed by atoms with Crippen molar-refractivity contribution in [3.63, 3.8) is 0 Å². The second-order valence-electron chi connectivity index (χ2n) is 10.4. The number of aliphatic hydroxyl groups is 1. The lowest BCUT2D eigenvalue weighted by Crippen LogP contribution is -2.41. The summed E-state index contributed by atoms with van der Waals surface area (Å²) in [6, 6.07) is 11.0. The lowest BCUT2D eigenvalue weighted by atomic mass is 9.94. The van der Waals surface area contributed by atoms with Crippen LogP contribution in [0.3, 0.4) is 0 Å². The summed E-state index contributed by atoms with van der Waals surface area (Å²) in [5.74, 6) is -0.911. The third-order valence-electron chi connectivity index (χ3n) is 7.56. The van der Waals surface area contributed by atoms with Gasteiger partial charge in [0, 0.05) is 56.1 Å². The predicted molar refractivity (Wildman–Crippen MR) is 150 cm³/mol. The first-order chi connectivity index (χ1) is 19.9. The number of aromatic nitrogens is 1. The topological polar surface area (TPSA) is 78.3 Å². The molecule has 10 heteroatoms. The number of ether oxygens (including phenoxy) is 1.